The molecule has 0 saturated carbocycles. The van der Waals surface area contributed by atoms with Crippen molar-refractivity contribution in [2.75, 3.05) is 0 Å². The smallest absolute Gasteiger partial charge is 1.00 e. The molecule has 211 valence electrons. The topological polar surface area (TPSA) is 0 Å². The normalized spacial score (nSPS) is 13.4. The van der Waals surface area contributed by atoms with E-state index in [4.69, 9.17) is 0 Å². The largest absolute Gasteiger partial charge is 3.00 e. The fourth-order valence-electron chi connectivity index (χ4n) is 6.68. The van der Waals surface area contributed by atoms with Gasteiger partial charge in [0.25, 0.3) is 0 Å². The van der Waals surface area contributed by atoms with Gasteiger partial charge >= 0.3 is 26.2 Å². The molecule has 0 N–H and O–H groups in total. The molecule has 5 aromatic carbocycles. The van der Waals surface area contributed by atoms with E-state index in [-0.39, 0.29) is 56.9 Å². The number of halogens is 2. The predicted octanol–water partition coefficient (Wildman–Crippen LogP) is 2.22. The third kappa shape index (κ3) is 5.81. The Labute approximate surface area is 287 Å². The Morgan fingerprint density at radius 3 is 2.02 bits per heavy atom. The van der Waals surface area contributed by atoms with Gasteiger partial charge in [-0.25, -0.2) is 0 Å². The van der Waals surface area contributed by atoms with Gasteiger partial charge in [-0.05, 0) is 52.8 Å². The Morgan fingerprint density at radius 1 is 0.721 bits per heavy atom. The van der Waals surface area contributed by atoms with E-state index < -0.39 is 0 Å². The van der Waals surface area contributed by atoms with Crippen molar-refractivity contribution < 1.29 is 51.0 Å². The van der Waals surface area contributed by atoms with Crippen molar-refractivity contribution in [1.29, 1.82) is 0 Å². The standard InChI is InChI=1S/C40H33.2ClH.Zr/c1-4-27-17-20-33-31(23-27)24-37-36(33)25-38(39(29-12-8-6-9-13-29)30-14-10-7-11-15-30)32(5-2)40(37)34-21-19-28-18-16-26(3)22-35(28)34;;;/h6-23,25,34H,4-5H2,1-3H3;2*1H;/q-1;;;+3/p-2. The number of hydrogen-bond acceptors (Lipinski definition) is 0. The molecular formula is C40H33Cl2Zr. The third-order valence-electron chi connectivity index (χ3n) is 8.62. The van der Waals surface area contributed by atoms with Crippen LogP contribution in [0.2, 0.25) is 0 Å². The number of allylic oxidation sites excluding steroid dienone is 1. The molecule has 5 aromatic rings. The summed E-state index contributed by atoms with van der Waals surface area (Å²) in [7, 11) is 0. The molecule has 1 unspecified atom stereocenters. The first-order chi connectivity index (χ1) is 19.7. The summed E-state index contributed by atoms with van der Waals surface area (Å²) in [6, 6.07) is 38.1. The van der Waals surface area contributed by atoms with Gasteiger partial charge in [-0.15, -0.1) is 34.1 Å². The fraction of sp³-hybridized carbons (Fsp3) is 0.150. The summed E-state index contributed by atoms with van der Waals surface area (Å²) in [5.41, 5.74) is 15.9. The minimum absolute atomic E-state index is 0. The van der Waals surface area contributed by atoms with Gasteiger partial charge in [-0.3, -0.25) is 0 Å². The van der Waals surface area contributed by atoms with E-state index >= 15 is 0 Å². The second kappa shape index (κ2) is 13.8. The molecule has 2 aliphatic rings. The predicted molar refractivity (Wildman–Crippen MR) is 169 cm³/mol. The molecule has 0 bridgehead atoms. The SMILES string of the molecule is CCc1ccc2c(c1)[C-]=c1c-2cc(=C(c2ccccc2)c2ccccc2)c(CC)c1C1C=Cc2ccc(C)cc21.[Cl-].[Cl-].[Zr+3]. The molecule has 0 aliphatic heterocycles. The first kappa shape index (κ1) is 32.9. The molecular weight excluding hydrogens is 643 g/mol. The molecule has 0 saturated heterocycles. The van der Waals surface area contributed by atoms with E-state index in [0.717, 1.165) is 12.8 Å². The van der Waals surface area contributed by atoms with Crippen molar-refractivity contribution >= 4 is 17.7 Å². The van der Waals surface area contributed by atoms with Crippen LogP contribution in [0, 0.1) is 6.92 Å². The summed E-state index contributed by atoms with van der Waals surface area (Å²) >= 11 is 0. The van der Waals surface area contributed by atoms with E-state index in [9.17, 15) is 0 Å². The van der Waals surface area contributed by atoms with Crippen LogP contribution in [0.25, 0.3) is 28.9 Å². The molecule has 0 spiro atoms. The van der Waals surface area contributed by atoms with Gasteiger partial charge < -0.3 is 24.8 Å². The zero-order valence-corrected chi connectivity index (χ0v) is 28.7. The van der Waals surface area contributed by atoms with Crippen LogP contribution in [0.5, 0.6) is 0 Å². The van der Waals surface area contributed by atoms with Crippen LogP contribution in [-0.4, -0.2) is 0 Å². The van der Waals surface area contributed by atoms with Crippen molar-refractivity contribution in [1.82, 2.24) is 0 Å². The van der Waals surface area contributed by atoms with E-state index in [2.05, 4.69) is 142 Å². The molecule has 1 radical (unpaired) electrons. The molecule has 2 aliphatic carbocycles. The molecule has 0 heterocycles. The van der Waals surface area contributed by atoms with Crippen LogP contribution >= 0.6 is 0 Å². The Bertz CT molecular complexity index is 1880. The van der Waals surface area contributed by atoms with E-state index in [0.29, 0.717) is 0 Å². The van der Waals surface area contributed by atoms with E-state index in [1.807, 2.05) is 0 Å². The average Bonchev–Trinajstić information content (AvgIpc) is 3.58. The Morgan fingerprint density at radius 2 is 1.40 bits per heavy atom. The molecule has 0 aromatic heterocycles. The summed E-state index contributed by atoms with van der Waals surface area (Å²) in [6.45, 7) is 6.75. The second-order valence-electron chi connectivity index (χ2n) is 11.0. The van der Waals surface area contributed by atoms with Gasteiger partial charge in [0, 0.05) is 5.92 Å². The maximum atomic E-state index is 3.92. The van der Waals surface area contributed by atoms with Crippen LogP contribution in [-0.2, 0) is 39.0 Å². The number of aryl methyl sites for hydroxylation is 2. The van der Waals surface area contributed by atoms with Crippen molar-refractivity contribution in [3.63, 3.8) is 0 Å². The van der Waals surface area contributed by atoms with E-state index in [1.165, 1.54) is 77.2 Å². The summed E-state index contributed by atoms with van der Waals surface area (Å²) in [6.07, 6.45) is 10.6. The molecule has 0 fully saturated rings. The van der Waals surface area contributed by atoms with Gasteiger partial charge in [0.2, 0.25) is 0 Å². The Balaban J connectivity index is 0.00000141. The molecule has 7 rings (SSSR count). The minimum atomic E-state index is 0. The van der Waals surface area contributed by atoms with Crippen molar-refractivity contribution in [2.24, 2.45) is 0 Å². The van der Waals surface area contributed by atoms with Gasteiger partial charge in [0.15, 0.2) is 0 Å². The fourth-order valence-corrected chi connectivity index (χ4v) is 6.68. The Hall–Kier alpha value is -2.96. The van der Waals surface area contributed by atoms with Crippen LogP contribution in [0.15, 0.2) is 109 Å². The second-order valence-corrected chi connectivity index (χ2v) is 11.0. The summed E-state index contributed by atoms with van der Waals surface area (Å²) in [4.78, 5) is 0. The molecule has 1 atom stereocenters. The van der Waals surface area contributed by atoms with Gasteiger partial charge in [0.05, 0.1) is 0 Å². The first-order valence-electron chi connectivity index (χ1n) is 14.5. The quantitative estimate of drug-likeness (QED) is 0.246. The average molecular weight is 676 g/mol. The van der Waals surface area contributed by atoms with Crippen LogP contribution in [0.1, 0.15) is 69.8 Å². The summed E-state index contributed by atoms with van der Waals surface area (Å²) < 4.78 is 0. The summed E-state index contributed by atoms with van der Waals surface area (Å²) in [5.74, 6) is 0.207. The van der Waals surface area contributed by atoms with Crippen LogP contribution < -0.4 is 35.3 Å². The van der Waals surface area contributed by atoms with E-state index in [1.54, 1.807) is 0 Å². The van der Waals surface area contributed by atoms with Crippen LogP contribution in [0.4, 0.5) is 0 Å². The number of benzene rings is 5. The number of rotatable bonds is 5. The van der Waals surface area contributed by atoms with Crippen molar-refractivity contribution in [2.45, 2.75) is 39.5 Å². The summed E-state index contributed by atoms with van der Waals surface area (Å²) in [5, 5.41) is 2.60. The van der Waals surface area contributed by atoms with Crippen molar-refractivity contribution in [3.05, 3.63) is 170 Å². The minimum Gasteiger partial charge on any atom is -1.00 e. The maximum absolute atomic E-state index is 3.92. The van der Waals surface area contributed by atoms with Gasteiger partial charge in [-0.1, -0.05) is 145 Å². The number of hydrogen-bond donors (Lipinski definition) is 0. The molecule has 0 amide bonds. The Kier molecular flexibility index (Phi) is 10.6. The molecule has 43 heavy (non-hydrogen) atoms. The van der Waals surface area contributed by atoms with Crippen molar-refractivity contribution in [3.8, 4) is 11.1 Å². The molecule has 0 nitrogen and oxygen atoms in total. The van der Waals surface area contributed by atoms with Gasteiger partial charge in [0.1, 0.15) is 0 Å². The van der Waals surface area contributed by atoms with Gasteiger partial charge in [-0.2, -0.15) is 0 Å². The molecule has 3 heteroatoms. The zero-order chi connectivity index (χ0) is 27.2. The number of fused-ring (bicyclic) bond motifs is 4. The third-order valence-corrected chi connectivity index (χ3v) is 8.62. The maximum Gasteiger partial charge on any atom is 3.00 e. The first-order valence-corrected chi connectivity index (χ1v) is 14.5. The zero-order valence-electron chi connectivity index (χ0n) is 24.7. The monoisotopic (exact) mass is 673 g/mol. The van der Waals surface area contributed by atoms with Crippen LogP contribution in [0.3, 0.4) is 0 Å².